The Bertz CT molecular complexity index is 868. The van der Waals surface area contributed by atoms with E-state index < -0.39 is 0 Å². The Labute approximate surface area is 142 Å². The van der Waals surface area contributed by atoms with Gasteiger partial charge >= 0.3 is 5.69 Å². The Morgan fingerprint density at radius 3 is 2.75 bits per heavy atom. The smallest absolute Gasteiger partial charge is 0.368 e. The van der Waals surface area contributed by atoms with Crippen LogP contribution in [0.4, 0.5) is 0 Å². The SMILES string of the molecule is CC(C)Sc1cccc(-n2nnn(C)c2=O)c1COc1ccn[nH]1. The van der Waals surface area contributed by atoms with Crippen LogP contribution in [0.3, 0.4) is 0 Å². The molecule has 2 heterocycles. The number of rotatable bonds is 6. The van der Waals surface area contributed by atoms with Crippen LogP contribution in [0.15, 0.2) is 40.2 Å². The zero-order valence-electron chi connectivity index (χ0n) is 13.6. The number of hydrogen-bond donors (Lipinski definition) is 1. The second-order valence-corrected chi connectivity index (χ2v) is 7.05. The molecule has 0 aliphatic rings. The molecule has 0 radical (unpaired) electrons. The molecule has 1 aromatic carbocycles. The Hall–Kier alpha value is -2.55. The highest BCUT2D eigenvalue weighted by atomic mass is 32.2. The summed E-state index contributed by atoms with van der Waals surface area (Å²) in [5, 5.41) is 14.8. The molecule has 0 aliphatic carbocycles. The van der Waals surface area contributed by atoms with E-state index in [4.69, 9.17) is 4.74 Å². The Balaban J connectivity index is 2.03. The lowest BCUT2D eigenvalue weighted by molar-refractivity contribution is 0.290. The van der Waals surface area contributed by atoms with Gasteiger partial charge in [-0.3, -0.25) is 0 Å². The number of hydrogen-bond acceptors (Lipinski definition) is 6. The highest BCUT2D eigenvalue weighted by Crippen LogP contribution is 2.30. The third-order valence-electron chi connectivity index (χ3n) is 3.27. The summed E-state index contributed by atoms with van der Waals surface area (Å²) in [6, 6.07) is 7.50. The first-order valence-electron chi connectivity index (χ1n) is 7.46. The number of H-pyrrole nitrogens is 1. The van der Waals surface area contributed by atoms with Crippen LogP contribution in [0.2, 0.25) is 0 Å². The molecule has 126 valence electrons. The molecule has 0 amide bonds. The Morgan fingerprint density at radius 2 is 2.12 bits per heavy atom. The van der Waals surface area contributed by atoms with Crippen molar-refractivity contribution in [1.29, 1.82) is 0 Å². The number of nitrogens with zero attached hydrogens (tertiary/aromatic N) is 5. The molecule has 0 atom stereocenters. The second kappa shape index (κ2) is 6.91. The van der Waals surface area contributed by atoms with Gasteiger partial charge in [-0.2, -0.15) is 14.5 Å². The number of ether oxygens (including phenoxy) is 1. The van der Waals surface area contributed by atoms with Crippen molar-refractivity contribution in [2.24, 2.45) is 7.05 Å². The number of aromatic amines is 1. The van der Waals surface area contributed by atoms with Crippen LogP contribution < -0.4 is 10.4 Å². The molecule has 0 bridgehead atoms. The van der Waals surface area contributed by atoms with Crippen molar-refractivity contribution in [3.63, 3.8) is 0 Å². The lowest BCUT2D eigenvalue weighted by atomic mass is 10.2. The van der Waals surface area contributed by atoms with Crippen molar-refractivity contribution in [2.45, 2.75) is 30.6 Å². The summed E-state index contributed by atoms with van der Waals surface area (Å²) in [6.45, 7) is 4.52. The van der Waals surface area contributed by atoms with Gasteiger partial charge in [0.1, 0.15) is 6.61 Å². The first-order chi connectivity index (χ1) is 11.6. The van der Waals surface area contributed by atoms with Crippen molar-refractivity contribution >= 4 is 11.8 Å². The van der Waals surface area contributed by atoms with Crippen molar-refractivity contribution in [3.05, 3.63) is 46.5 Å². The average molecular weight is 346 g/mol. The van der Waals surface area contributed by atoms with Crippen LogP contribution >= 0.6 is 11.8 Å². The lowest BCUT2D eigenvalue weighted by Gasteiger charge is -2.15. The molecule has 3 rings (SSSR count). The largest absolute Gasteiger partial charge is 0.473 e. The van der Waals surface area contributed by atoms with E-state index in [0.717, 1.165) is 10.5 Å². The summed E-state index contributed by atoms with van der Waals surface area (Å²) in [5.74, 6) is 0.566. The standard InChI is InChI=1S/C15H18N6O2S/c1-10(2)24-13-6-4-5-12(21-15(22)20(3)18-19-21)11(13)9-23-14-7-8-16-17-14/h4-8,10H,9H2,1-3H3,(H,16,17). The Morgan fingerprint density at radius 1 is 1.29 bits per heavy atom. The van der Waals surface area contributed by atoms with Gasteiger partial charge in [-0.25, -0.2) is 9.89 Å². The Kier molecular flexibility index (Phi) is 4.70. The van der Waals surface area contributed by atoms with Crippen molar-refractivity contribution in [1.82, 2.24) is 30.0 Å². The first-order valence-corrected chi connectivity index (χ1v) is 8.34. The van der Waals surface area contributed by atoms with Gasteiger partial charge in [0.25, 0.3) is 0 Å². The first kappa shape index (κ1) is 16.3. The van der Waals surface area contributed by atoms with Gasteiger partial charge in [-0.05, 0) is 22.6 Å². The van der Waals surface area contributed by atoms with E-state index in [2.05, 4.69) is 34.5 Å². The van der Waals surface area contributed by atoms with E-state index in [1.165, 1.54) is 9.36 Å². The number of tetrazole rings is 1. The highest BCUT2D eigenvalue weighted by Gasteiger charge is 2.16. The van der Waals surface area contributed by atoms with Gasteiger partial charge in [0, 0.05) is 28.8 Å². The molecule has 0 fully saturated rings. The summed E-state index contributed by atoms with van der Waals surface area (Å²) in [6.07, 6.45) is 1.62. The summed E-state index contributed by atoms with van der Waals surface area (Å²) < 4.78 is 8.25. The monoisotopic (exact) mass is 346 g/mol. The van der Waals surface area contributed by atoms with Crippen LogP contribution in [-0.4, -0.2) is 35.2 Å². The average Bonchev–Trinajstić information content (AvgIpc) is 3.17. The van der Waals surface area contributed by atoms with Gasteiger partial charge in [-0.15, -0.1) is 11.8 Å². The summed E-state index contributed by atoms with van der Waals surface area (Å²) in [4.78, 5) is 13.3. The topological polar surface area (TPSA) is 90.6 Å². The van der Waals surface area contributed by atoms with Crippen LogP contribution in [0, 0.1) is 0 Å². The molecule has 0 aliphatic heterocycles. The minimum atomic E-state index is -0.301. The van der Waals surface area contributed by atoms with Crippen LogP contribution in [-0.2, 0) is 13.7 Å². The summed E-state index contributed by atoms with van der Waals surface area (Å²) in [5.41, 5.74) is 1.25. The maximum atomic E-state index is 12.2. The minimum absolute atomic E-state index is 0.288. The van der Waals surface area contributed by atoms with Crippen LogP contribution in [0.5, 0.6) is 5.88 Å². The van der Waals surface area contributed by atoms with Gasteiger partial charge < -0.3 is 4.74 Å². The number of benzene rings is 1. The normalized spacial score (nSPS) is 11.2. The number of aromatic nitrogens is 6. The van der Waals surface area contributed by atoms with Crippen LogP contribution in [0.25, 0.3) is 5.69 Å². The molecule has 8 nitrogen and oxygen atoms in total. The van der Waals surface area contributed by atoms with E-state index in [-0.39, 0.29) is 12.3 Å². The fraction of sp³-hybridized carbons (Fsp3) is 0.333. The zero-order chi connectivity index (χ0) is 17.1. The molecule has 0 saturated carbocycles. The molecular weight excluding hydrogens is 328 g/mol. The highest BCUT2D eigenvalue weighted by molar-refractivity contribution is 8.00. The van der Waals surface area contributed by atoms with E-state index in [9.17, 15) is 4.79 Å². The fourth-order valence-corrected chi connectivity index (χ4v) is 3.17. The number of aryl methyl sites for hydroxylation is 1. The number of nitrogens with one attached hydrogen (secondary N) is 1. The molecular formula is C15H18N6O2S. The van der Waals surface area contributed by atoms with Crippen molar-refractivity contribution < 1.29 is 4.74 Å². The summed E-state index contributed by atoms with van der Waals surface area (Å²) in [7, 11) is 1.57. The molecule has 0 unspecified atom stereocenters. The predicted molar refractivity (Wildman–Crippen MR) is 90.5 cm³/mol. The van der Waals surface area contributed by atoms with Gasteiger partial charge in [-0.1, -0.05) is 19.9 Å². The molecule has 1 N–H and O–H groups in total. The molecule has 24 heavy (non-hydrogen) atoms. The van der Waals surface area contributed by atoms with Gasteiger partial charge in [0.15, 0.2) is 0 Å². The maximum absolute atomic E-state index is 12.2. The van der Waals surface area contributed by atoms with E-state index in [0.29, 0.717) is 16.8 Å². The maximum Gasteiger partial charge on any atom is 0.368 e. The predicted octanol–water partition coefficient (Wildman–Crippen LogP) is 1.77. The molecule has 9 heteroatoms. The number of thioether (sulfide) groups is 1. The fourth-order valence-electron chi connectivity index (χ4n) is 2.20. The second-order valence-electron chi connectivity index (χ2n) is 5.43. The van der Waals surface area contributed by atoms with Crippen molar-refractivity contribution in [2.75, 3.05) is 0 Å². The van der Waals surface area contributed by atoms with Gasteiger partial charge in [0.05, 0.1) is 11.9 Å². The molecule has 2 aromatic heterocycles. The summed E-state index contributed by atoms with van der Waals surface area (Å²) >= 11 is 1.71. The van der Waals surface area contributed by atoms with Gasteiger partial charge in [0.2, 0.25) is 5.88 Å². The molecule has 3 aromatic rings. The van der Waals surface area contributed by atoms with E-state index in [1.807, 2.05) is 18.2 Å². The minimum Gasteiger partial charge on any atom is -0.473 e. The van der Waals surface area contributed by atoms with Crippen LogP contribution in [0.1, 0.15) is 19.4 Å². The lowest BCUT2D eigenvalue weighted by Crippen LogP contribution is -2.23. The third-order valence-corrected chi connectivity index (χ3v) is 4.38. The zero-order valence-corrected chi connectivity index (χ0v) is 14.4. The van der Waals surface area contributed by atoms with E-state index in [1.54, 1.807) is 31.1 Å². The third kappa shape index (κ3) is 3.35. The molecule has 0 spiro atoms. The molecule has 0 saturated heterocycles. The van der Waals surface area contributed by atoms with E-state index >= 15 is 0 Å². The quantitative estimate of drug-likeness (QED) is 0.684. The van der Waals surface area contributed by atoms with Crippen molar-refractivity contribution in [3.8, 4) is 11.6 Å².